The van der Waals surface area contributed by atoms with Crippen LogP contribution < -0.4 is 11.1 Å². The van der Waals surface area contributed by atoms with E-state index in [1.165, 1.54) is 6.26 Å². The monoisotopic (exact) mass is 217 g/mol. The molecule has 2 rings (SSSR count). The molecule has 0 saturated heterocycles. The van der Waals surface area contributed by atoms with E-state index in [1.54, 1.807) is 18.2 Å². The van der Waals surface area contributed by atoms with Gasteiger partial charge in [-0.3, -0.25) is 4.79 Å². The summed E-state index contributed by atoms with van der Waals surface area (Å²) < 4.78 is 4.61. The van der Waals surface area contributed by atoms with E-state index in [2.05, 4.69) is 15.0 Å². The molecule has 0 aliphatic heterocycles. The van der Waals surface area contributed by atoms with E-state index in [-0.39, 0.29) is 5.91 Å². The number of hydrogen-bond donors (Lipinski definition) is 2. The van der Waals surface area contributed by atoms with Gasteiger partial charge in [0.1, 0.15) is 6.26 Å². The summed E-state index contributed by atoms with van der Waals surface area (Å²) in [5.74, 6) is 0.0704. The van der Waals surface area contributed by atoms with Crippen molar-refractivity contribution in [3.63, 3.8) is 0 Å². The summed E-state index contributed by atoms with van der Waals surface area (Å²) >= 11 is 0. The Morgan fingerprint density at radius 3 is 2.94 bits per heavy atom. The van der Waals surface area contributed by atoms with E-state index >= 15 is 0 Å². The molecule has 2 aromatic rings. The maximum atomic E-state index is 11.8. The number of carbonyl (C=O) groups excluding carboxylic acids is 1. The fourth-order valence-corrected chi connectivity index (χ4v) is 1.34. The molecule has 0 spiro atoms. The van der Waals surface area contributed by atoms with E-state index in [0.29, 0.717) is 17.1 Å². The van der Waals surface area contributed by atoms with Crippen LogP contribution in [0.25, 0.3) is 0 Å². The quantitative estimate of drug-likeness (QED) is 0.752. The molecule has 0 bridgehead atoms. The molecule has 1 aromatic carbocycles. The molecule has 0 aliphatic carbocycles. The van der Waals surface area contributed by atoms with Crippen LogP contribution in [0.5, 0.6) is 0 Å². The fraction of sp³-hybridized carbons (Fsp3) is 0.0909. The minimum atomic E-state index is -0.296. The zero-order valence-electron chi connectivity index (χ0n) is 8.73. The number of benzene rings is 1. The van der Waals surface area contributed by atoms with Crippen molar-refractivity contribution >= 4 is 17.4 Å². The molecule has 0 fully saturated rings. The third-order valence-electron chi connectivity index (χ3n) is 2.25. The van der Waals surface area contributed by atoms with Crippen molar-refractivity contribution in [2.75, 3.05) is 11.1 Å². The Labute approximate surface area is 92.2 Å². The number of nitrogens with one attached hydrogen (secondary N) is 1. The van der Waals surface area contributed by atoms with Gasteiger partial charge in [-0.2, -0.15) is 0 Å². The standard InChI is InChI=1S/C11H11N3O2/c1-7-3-2-4-8(10(7)12)11(15)13-9-5-6-16-14-9/h2-6H,12H2,1H3,(H,13,14,15). The van der Waals surface area contributed by atoms with Gasteiger partial charge in [0.25, 0.3) is 5.91 Å². The van der Waals surface area contributed by atoms with Crippen LogP contribution in [0.2, 0.25) is 0 Å². The number of para-hydroxylation sites is 1. The Hall–Kier alpha value is -2.30. The minimum Gasteiger partial charge on any atom is -0.398 e. The van der Waals surface area contributed by atoms with Crippen LogP contribution in [0.4, 0.5) is 11.5 Å². The summed E-state index contributed by atoms with van der Waals surface area (Å²) in [6, 6.07) is 6.85. The van der Waals surface area contributed by atoms with Gasteiger partial charge in [-0.25, -0.2) is 0 Å². The first-order valence-electron chi connectivity index (χ1n) is 4.75. The van der Waals surface area contributed by atoms with Crippen LogP contribution >= 0.6 is 0 Å². The van der Waals surface area contributed by atoms with E-state index in [0.717, 1.165) is 5.56 Å². The molecule has 1 aromatic heterocycles. The van der Waals surface area contributed by atoms with Gasteiger partial charge >= 0.3 is 0 Å². The summed E-state index contributed by atoms with van der Waals surface area (Å²) in [4.78, 5) is 11.8. The molecule has 0 atom stereocenters. The van der Waals surface area contributed by atoms with Crippen LogP contribution in [0, 0.1) is 6.92 Å². The number of nitrogens with two attached hydrogens (primary N) is 1. The SMILES string of the molecule is Cc1cccc(C(=O)Nc2ccon2)c1N. The Morgan fingerprint density at radius 2 is 2.25 bits per heavy atom. The molecule has 1 amide bonds. The zero-order valence-corrected chi connectivity index (χ0v) is 8.73. The number of hydrogen-bond acceptors (Lipinski definition) is 4. The van der Waals surface area contributed by atoms with E-state index < -0.39 is 0 Å². The van der Waals surface area contributed by atoms with Crippen molar-refractivity contribution in [3.05, 3.63) is 41.7 Å². The first-order valence-corrected chi connectivity index (χ1v) is 4.75. The molecule has 3 N–H and O–H groups in total. The summed E-state index contributed by atoms with van der Waals surface area (Å²) in [5, 5.41) is 6.17. The fourth-order valence-electron chi connectivity index (χ4n) is 1.34. The van der Waals surface area contributed by atoms with Gasteiger partial charge in [0.05, 0.1) is 5.56 Å². The predicted octanol–water partition coefficient (Wildman–Crippen LogP) is 1.82. The van der Waals surface area contributed by atoms with Crippen LogP contribution in [0.15, 0.2) is 35.1 Å². The van der Waals surface area contributed by atoms with E-state index in [4.69, 9.17) is 5.73 Å². The molecular weight excluding hydrogens is 206 g/mol. The maximum Gasteiger partial charge on any atom is 0.259 e. The van der Waals surface area contributed by atoms with E-state index in [9.17, 15) is 4.79 Å². The highest BCUT2D eigenvalue weighted by atomic mass is 16.5. The van der Waals surface area contributed by atoms with Crippen molar-refractivity contribution in [1.29, 1.82) is 0 Å². The third kappa shape index (κ3) is 1.88. The van der Waals surface area contributed by atoms with Gasteiger partial charge < -0.3 is 15.6 Å². The van der Waals surface area contributed by atoms with E-state index in [1.807, 2.05) is 13.0 Å². The first kappa shape index (κ1) is 10.2. The normalized spacial score (nSPS) is 10.1. The Morgan fingerprint density at radius 1 is 1.44 bits per heavy atom. The summed E-state index contributed by atoms with van der Waals surface area (Å²) in [6.45, 7) is 1.85. The number of carbonyl (C=O) groups is 1. The molecule has 0 unspecified atom stereocenters. The highest BCUT2D eigenvalue weighted by Crippen LogP contribution is 2.17. The summed E-state index contributed by atoms with van der Waals surface area (Å²) in [6.07, 6.45) is 1.38. The molecule has 0 radical (unpaired) electrons. The zero-order chi connectivity index (χ0) is 11.5. The summed E-state index contributed by atoms with van der Waals surface area (Å²) in [7, 11) is 0. The Bertz CT molecular complexity index is 506. The highest BCUT2D eigenvalue weighted by molar-refractivity contribution is 6.07. The molecular formula is C11H11N3O2. The highest BCUT2D eigenvalue weighted by Gasteiger charge is 2.11. The minimum absolute atomic E-state index is 0.296. The van der Waals surface area contributed by atoms with Gasteiger partial charge in [-0.1, -0.05) is 17.3 Å². The van der Waals surface area contributed by atoms with Gasteiger partial charge in [0, 0.05) is 11.8 Å². The Balaban J connectivity index is 2.24. The molecule has 0 aliphatic rings. The number of nitrogens with zero attached hydrogens (tertiary/aromatic N) is 1. The lowest BCUT2D eigenvalue weighted by atomic mass is 10.1. The molecule has 5 heteroatoms. The van der Waals surface area contributed by atoms with Crippen LogP contribution in [0.1, 0.15) is 15.9 Å². The lowest BCUT2D eigenvalue weighted by molar-refractivity contribution is 0.102. The van der Waals surface area contributed by atoms with Crippen molar-refractivity contribution in [3.8, 4) is 0 Å². The second kappa shape index (κ2) is 4.06. The van der Waals surface area contributed by atoms with Crippen molar-refractivity contribution in [1.82, 2.24) is 5.16 Å². The maximum absolute atomic E-state index is 11.8. The molecule has 82 valence electrons. The predicted molar refractivity (Wildman–Crippen MR) is 60.0 cm³/mol. The van der Waals surface area contributed by atoms with Gasteiger partial charge in [0.15, 0.2) is 5.82 Å². The molecule has 0 saturated carbocycles. The smallest absolute Gasteiger partial charge is 0.259 e. The lowest BCUT2D eigenvalue weighted by Crippen LogP contribution is -2.14. The van der Waals surface area contributed by atoms with Gasteiger partial charge in [0.2, 0.25) is 0 Å². The first-order chi connectivity index (χ1) is 7.68. The Kier molecular flexibility index (Phi) is 2.59. The average molecular weight is 217 g/mol. The number of aryl methyl sites for hydroxylation is 1. The second-order valence-corrected chi connectivity index (χ2v) is 3.37. The molecule has 16 heavy (non-hydrogen) atoms. The van der Waals surface area contributed by atoms with Crippen LogP contribution in [-0.2, 0) is 0 Å². The second-order valence-electron chi connectivity index (χ2n) is 3.37. The van der Waals surface area contributed by atoms with Crippen molar-refractivity contribution < 1.29 is 9.32 Å². The van der Waals surface area contributed by atoms with Crippen LogP contribution in [-0.4, -0.2) is 11.1 Å². The number of rotatable bonds is 2. The molecule has 1 heterocycles. The number of nitrogen functional groups attached to an aromatic ring is 1. The average Bonchev–Trinajstić information content (AvgIpc) is 2.74. The van der Waals surface area contributed by atoms with Crippen molar-refractivity contribution in [2.45, 2.75) is 6.92 Å². The molecule has 5 nitrogen and oxygen atoms in total. The lowest BCUT2D eigenvalue weighted by Gasteiger charge is -2.06. The summed E-state index contributed by atoms with van der Waals surface area (Å²) in [5.41, 5.74) is 7.58. The topological polar surface area (TPSA) is 81.2 Å². The van der Waals surface area contributed by atoms with Gasteiger partial charge in [-0.05, 0) is 18.6 Å². The largest absolute Gasteiger partial charge is 0.398 e. The number of anilines is 2. The number of amides is 1. The van der Waals surface area contributed by atoms with Crippen LogP contribution in [0.3, 0.4) is 0 Å². The third-order valence-corrected chi connectivity index (χ3v) is 2.25. The van der Waals surface area contributed by atoms with Crippen molar-refractivity contribution in [2.24, 2.45) is 0 Å². The van der Waals surface area contributed by atoms with Gasteiger partial charge in [-0.15, -0.1) is 0 Å². The number of aromatic nitrogens is 1.